The number of methoxy groups -OCH3 is 1. The molecule has 1 saturated carbocycles. The number of rotatable bonds is 6. The number of aromatic nitrogens is 2. The molecule has 6 heteroatoms. The monoisotopic (exact) mass is 313 g/mol. The number of ether oxygens (including phenoxy) is 1. The Morgan fingerprint density at radius 1 is 1.39 bits per heavy atom. The molecule has 0 bridgehead atoms. The Labute approximate surface area is 133 Å². The molecular weight excluding hydrogens is 294 g/mol. The number of nitrogens with zero attached hydrogens (tertiary/aromatic N) is 1. The lowest BCUT2D eigenvalue weighted by Crippen LogP contribution is -2.31. The second-order valence-corrected chi connectivity index (χ2v) is 5.64. The minimum Gasteiger partial charge on any atom is -0.367 e. The van der Waals surface area contributed by atoms with Crippen molar-refractivity contribution >= 4 is 5.91 Å². The highest BCUT2D eigenvalue weighted by Crippen LogP contribution is 2.37. The second kappa shape index (κ2) is 6.75. The van der Waals surface area contributed by atoms with E-state index in [1.165, 1.54) is 13.2 Å². The molecule has 0 unspecified atom stereocenters. The van der Waals surface area contributed by atoms with Crippen LogP contribution in [0.5, 0.6) is 0 Å². The van der Waals surface area contributed by atoms with E-state index >= 15 is 0 Å². The maximum atomic E-state index is 12.3. The van der Waals surface area contributed by atoms with E-state index in [0.29, 0.717) is 17.4 Å². The number of amides is 1. The third-order valence-electron chi connectivity index (χ3n) is 3.80. The van der Waals surface area contributed by atoms with E-state index < -0.39 is 6.10 Å². The summed E-state index contributed by atoms with van der Waals surface area (Å²) < 4.78 is 5.28. The Morgan fingerprint density at radius 3 is 2.78 bits per heavy atom. The van der Waals surface area contributed by atoms with Gasteiger partial charge < -0.3 is 15.0 Å². The summed E-state index contributed by atoms with van der Waals surface area (Å²) in [6.45, 7) is 0.204. The molecule has 0 spiro atoms. The number of hydrogen-bond acceptors (Lipinski definition) is 4. The van der Waals surface area contributed by atoms with Gasteiger partial charge in [-0.15, -0.1) is 0 Å². The van der Waals surface area contributed by atoms with Gasteiger partial charge in [0, 0.05) is 19.1 Å². The van der Waals surface area contributed by atoms with Gasteiger partial charge in [0.25, 0.3) is 11.5 Å². The van der Waals surface area contributed by atoms with Crippen molar-refractivity contribution in [2.75, 3.05) is 7.11 Å². The van der Waals surface area contributed by atoms with E-state index in [2.05, 4.69) is 15.3 Å². The van der Waals surface area contributed by atoms with Crippen LogP contribution in [0.4, 0.5) is 0 Å². The average Bonchev–Trinajstić information content (AvgIpc) is 3.39. The Balaban J connectivity index is 1.67. The predicted octanol–water partition coefficient (Wildman–Crippen LogP) is 1.65. The first-order chi connectivity index (χ1) is 11.2. The standard InChI is InChI=1S/C17H19N3O3/c1-23-15(11-5-3-2-4-6-11)17(22)18-10-13-9-14(21)20-16(19-13)12-7-8-12/h2-6,9,12,15H,7-8,10H2,1H3,(H,18,22)(H,19,20,21)/t15-/m1/s1. The Morgan fingerprint density at radius 2 is 2.13 bits per heavy atom. The third-order valence-corrected chi connectivity index (χ3v) is 3.80. The molecule has 1 aliphatic rings. The molecule has 3 rings (SSSR count). The molecular formula is C17H19N3O3. The zero-order chi connectivity index (χ0) is 16.2. The van der Waals surface area contributed by atoms with Gasteiger partial charge in [-0.05, 0) is 18.4 Å². The number of nitrogens with one attached hydrogen (secondary N) is 2. The Kier molecular flexibility index (Phi) is 4.52. The van der Waals surface area contributed by atoms with Gasteiger partial charge in [0.15, 0.2) is 6.10 Å². The zero-order valence-corrected chi connectivity index (χ0v) is 12.9. The maximum Gasteiger partial charge on any atom is 0.254 e. The van der Waals surface area contributed by atoms with E-state index in [1.54, 1.807) is 0 Å². The van der Waals surface area contributed by atoms with Crippen molar-refractivity contribution in [3.63, 3.8) is 0 Å². The lowest BCUT2D eigenvalue weighted by molar-refractivity contribution is -0.131. The van der Waals surface area contributed by atoms with Crippen LogP contribution in [0.2, 0.25) is 0 Å². The second-order valence-electron chi connectivity index (χ2n) is 5.64. The summed E-state index contributed by atoms with van der Waals surface area (Å²) in [5, 5.41) is 2.78. The Bertz CT molecular complexity index is 738. The number of H-pyrrole nitrogens is 1. The van der Waals surface area contributed by atoms with E-state index in [4.69, 9.17) is 4.74 Å². The number of hydrogen-bond donors (Lipinski definition) is 2. The lowest BCUT2D eigenvalue weighted by Gasteiger charge is -2.15. The molecule has 1 aromatic heterocycles. The van der Waals surface area contributed by atoms with Crippen LogP contribution in [-0.2, 0) is 16.1 Å². The van der Waals surface area contributed by atoms with Crippen molar-refractivity contribution in [2.45, 2.75) is 31.4 Å². The molecule has 120 valence electrons. The Hall–Kier alpha value is -2.47. The highest BCUT2D eigenvalue weighted by Gasteiger charge is 2.26. The lowest BCUT2D eigenvalue weighted by atomic mass is 10.1. The molecule has 23 heavy (non-hydrogen) atoms. The highest BCUT2D eigenvalue weighted by atomic mass is 16.5. The molecule has 6 nitrogen and oxygen atoms in total. The highest BCUT2D eigenvalue weighted by molar-refractivity contribution is 5.82. The van der Waals surface area contributed by atoms with Crippen molar-refractivity contribution < 1.29 is 9.53 Å². The van der Waals surface area contributed by atoms with Gasteiger partial charge >= 0.3 is 0 Å². The summed E-state index contributed by atoms with van der Waals surface area (Å²) >= 11 is 0. The van der Waals surface area contributed by atoms with E-state index in [1.807, 2.05) is 30.3 Å². The van der Waals surface area contributed by atoms with Gasteiger partial charge in [0.2, 0.25) is 0 Å². The fraction of sp³-hybridized carbons (Fsp3) is 0.353. The van der Waals surface area contributed by atoms with Crippen LogP contribution >= 0.6 is 0 Å². The molecule has 0 saturated heterocycles. The van der Waals surface area contributed by atoms with Gasteiger partial charge in [0.05, 0.1) is 12.2 Å². The molecule has 2 aromatic rings. The summed E-state index contributed by atoms with van der Waals surface area (Å²) in [5.74, 6) is 0.816. The van der Waals surface area contributed by atoms with Crippen LogP contribution in [-0.4, -0.2) is 23.0 Å². The summed E-state index contributed by atoms with van der Waals surface area (Å²) in [7, 11) is 1.49. The summed E-state index contributed by atoms with van der Waals surface area (Å²) in [6.07, 6.45) is 1.43. The predicted molar refractivity (Wildman–Crippen MR) is 84.9 cm³/mol. The van der Waals surface area contributed by atoms with E-state index in [-0.39, 0.29) is 18.0 Å². The molecule has 1 aliphatic carbocycles. The van der Waals surface area contributed by atoms with Gasteiger partial charge in [-0.3, -0.25) is 9.59 Å². The van der Waals surface area contributed by atoms with Crippen LogP contribution in [0.3, 0.4) is 0 Å². The number of benzene rings is 1. The SMILES string of the molecule is CO[C@@H](C(=O)NCc1cc(=O)[nH]c(C2CC2)n1)c1ccccc1. The van der Waals surface area contributed by atoms with Crippen LogP contribution in [0, 0.1) is 0 Å². The van der Waals surface area contributed by atoms with Gasteiger partial charge in [-0.2, -0.15) is 0 Å². The number of carbonyl (C=O) groups excluding carboxylic acids is 1. The van der Waals surface area contributed by atoms with Crippen LogP contribution < -0.4 is 10.9 Å². The fourth-order valence-corrected chi connectivity index (χ4v) is 2.46. The summed E-state index contributed by atoms with van der Waals surface area (Å²) in [6, 6.07) is 10.7. The van der Waals surface area contributed by atoms with Gasteiger partial charge in [-0.25, -0.2) is 4.98 Å². The molecule has 2 N–H and O–H groups in total. The molecule has 1 atom stereocenters. The van der Waals surface area contributed by atoms with Crippen molar-refractivity contribution in [1.29, 1.82) is 0 Å². The van der Waals surface area contributed by atoms with Gasteiger partial charge in [-0.1, -0.05) is 30.3 Å². The van der Waals surface area contributed by atoms with Crippen LogP contribution in [0.25, 0.3) is 0 Å². The van der Waals surface area contributed by atoms with Crippen molar-refractivity contribution in [3.8, 4) is 0 Å². The first-order valence-electron chi connectivity index (χ1n) is 7.63. The quantitative estimate of drug-likeness (QED) is 0.849. The van der Waals surface area contributed by atoms with Crippen LogP contribution in [0.15, 0.2) is 41.2 Å². The third kappa shape index (κ3) is 3.84. The number of aromatic amines is 1. The van der Waals surface area contributed by atoms with Crippen molar-refractivity contribution in [1.82, 2.24) is 15.3 Å². The molecule has 1 aromatic carbocycles. The first kappa shape index (κ1) is 15.4. The zero-order valence-electron chi connectivity index (χ0n) is 12.9. The molecule has 0 radical (unpaired) electrons. The van der Waals surface area contributed by atoms with E-state index in [0.717, 1.165) is 18.4 Å². The molecule has 0 aliphatic heterocycles. The largest absolute Gasteiger partial charge is 0.367 e. The minimum absolute atomic E-state index is 0.183. The van der Waals surface area contributed by atoms with Crippen molar-refractivity contribution in [3.05, 3.63) is 63.8 Å². The smallest absolute Gasteiger partial charge is 0.254 e. The van der Waals surface area contributed by atoms with Crippen LogP contribution in [0.1, 0.15) is 41.9 Å². The summed E-state index contributed by atoms with van der Waals surface area (Å²) in [4.78, 5) is 31.1. The minimum atomic E-state index is -0.680. The number of carbonyl (C=O) groups is 1. The summed E-state index contributed by atoms with van der Waals surface area (Å²) in [5.41, 5.74) is 1.16. The first-order valence-corrected chi connectivity index (χ1v) is 7.63. The van der Waals surface area contributed by atoms with E-state index in [9.17, 15) is 9.59 Å². The molecule has 1 fully saturated rings. The topological polar surface area (TPSA) is 84.1 Å². The molecule has 1 heterocycles. The maximum absolute atomic E-state index is 12.3. The van der Waals surface area contributed by atoms with Gasteiger partial charge in [0.1, 0.15) is 5.82 Å². The van der Waals surface area contributed by atoms with Crippen molar-refractivity contribution in [2.24, 2.45) is 0 Å². The normalized spacial score (nSPS) is 15.2. The molecule has 1 amide bonds. The fourth-order valence-electron chi connectivity index (χ4n) is 2.46. The average molecular weight is 313 g/mol.